The highest BCUT2D eigenvalue weighted by molar-refractivity contribution is 7.89. The van der Waals surface area contributed by atoms with Crippen LogP contribution in [0.1, 0.15) is 12.8 Å². The minimum atomic E-state index is -3.78. The van der Waals surface area contributed by atoms with E-state index in [9.17, 15) is 13.2 Å². The molecular weight excluding hydrogens is 280 g/mol. The van der Waals surface area contributed by atoms with Crippen LogP contribution in [-0.4, -0.2) is 27.4 Å². The van der Waals surface area contributed by atoms with Gasteiger partial charge < -0.3 is 16.4 Å². The van der Waals surface area contributed by atoms with Crippen molar-refractivity contribution in [3.63, 3.8) is 0 Å². The van der Waals surface area contributed by atoms with Crippen LogP contribution < -0.4 is 21.5 Å². The fourth-order valence-corrected chi connectivity index (χ4v) is 2.36. The number of carbonyl (C=O) groups is 1. The van der Waals surface area contributed by atoms with E-state index in [-0.39, 0.29) is 16.7 Å². The second-order valence-corrected chi connectivity index (χ2v) is 6.39. The summed E-state index contributed by atoms with van der Waals surface area (Å²) in [5.41, 5.74) is 6.48. The lowest BCUT2D eigenvalue weighted by Crippen LogP contribution is -2.29. The lowest BCUT2D eigenvalue weighted by atomic mass is 10.3. The number of benzene rings is 1. The molecule has 0 heterocycles. The molecule has 1 aromatic carbocycles. The van der Waals surface area contributed by atoms with Crippen molar-refractivity contribution in [3.8, 4) is 0 Å². The highest BCUT2D eigenvalue weighted by atomic mass is 32.2. The molecule has 7 nitrogen and oxygen atoms in total. The number of sulfonamides is 1. The lowest BCUT2D eigenvalue weighted by Gasteiger charge is -2.10. The van der Waals surface area contributed by atoms with Gasteiger partial charge in [-0.05, 0) is 31.0 Å². The van der Waals surface area contributed by atoms with Crippen LogP contribution in [0.2, 0.25) is 0 Å². The summed E-state index contributed by atoms with van der Waals surface area (Å²) in [6.45, 7) is 0.945. The number of nitrogens with two attached hydrogens (primary N) is 2. The number of nitrogens with one attached hydrogen (secondary N) is 2. The van der Waals surface area contributed by atoms with Gasteiger partial charge in [-0.25, -0.2) is 13.6 Å². The SMILES string of the molecule is Nc1cc(NCCNC(=O)C2CC2)cc(S(N)(=O)=O)c1. The molecule has 1 aromatic rings. The zero-order valence-electron chi connectivity index (χ0n) is 10.9. The van der Waals surface area contributed by atoms with Crippen molar-refractivity contribution in [3.05, 3.63) is 18.2 Å². The first-order chi connectivity index (χ1) is 9.36. The van der Waals surface area contributed by atoms with Crippen molar-refractivity contribution >= 4 is 27.3 Å². The summed E-state index contributed by atoms with van der Waals surface area (Å²) in [6, 6.07) is 4.32. The maximum absolute atomic E-state index is 11.4. The Morgan fingerprint density at radius 1 is 1.25 bits per heavy atom. The van der Waals surface area contributed by atoms with Crippen LogP contribution in [0.3, 0.4) is 0 Å². The molecular formula is C12H18N4O3S. The topological polar surface area (TPSA) is 127 Å². The second kappa shape index (κ2) is 5.68. The fraction of sp³-hybridized carbons (Fsp3) is 0.417. The number of nitrogen functional groups attached to an aromatic ring is 1. The van der Waals surface area contributed by atoms with Crippen LogP contribution in [0, 0.1) is 5.92 Å². The van der Waals surface area contributed by atoms with Crippen LogP contribution in [0.5, 0.6) is 0 Å². The zero-order valence-corrected chi connectivity index (χ0v) is 11.7. The molecule has 0 saturated heterocycles. The maximum atomic E-state index is 11.4. The predicted molar refractivity (Wildman–Crippen MR) is 76.5 cm³/mol. The first-order valence-corrected chi connectivity index (χ1v) is 7.86. The van der Waals surface area contributed by atoms with E-state index in [1.54, 1.807) is 6.07 Å². The summed E-state index contributed by atoms with van der Waals surface area (Å²) in [5.74, 6) is 0.251. The molecule has 1 aliphatic rings. The molecule has 0 spiro atoms. The van der Waals surface area contributed by atoms with Crippen molar-refractivity contribution < 1.29 is 13.2 Å². The Morgan fingerprint density at radius 3 is 2.55 bits per heavy atom. The highest BCUT2D eigenvalue weighted by Crippen LogP contribution is 2.28. The molecule has 2 rings (SSSR count). The minimum Gasteiger partial charge on any atom is -0.399 e. The predicted octanol–water partition coefficient (Wildman–Crippen LogP) is -0.146. The summed E-state index contributed by atoms with van der Waals surface area (Å²) >= 11 is 0. The molecule has 8 heteroatoms. The van der Waals surface area contributed by atoms with Gasteiger partial charge >= 0.3 is 0 Å². The third kappa shape index (κ3) is 4.10. The summed E-state index contributed by atoms with van der Waals surface area (Å²) in [7, 11) is -3.78. The first kappa shape index (κ1) is 14.6. The smallest absolute Gasteiger partial charge is 0.238 e. The van der Waals surface area contributed by atoms with Crippen molar-refractivity contribution in [1.82, 2.24) is 5.32 Å². The van der Waals surface area contributed by atoms with Crippen LogP contribution in [0.15, 0.2) is 23.1 Å². The van der Waals surface area contributed by atoms with Gasteiger partial charge in [0.05, 0.1) is 4.90 Å². The van der Waals surface area contributed by atoms with E-state index in [1.165, 1.54) is 12.1 Å². The Morgan fingerprint density at radius 2 is 1.95 bits per heavy atom. The van der Waals surface area contributed by atoms with E-state index in [2.05, 4.69) is 10.6 Å². The van der Waals surface area contributed by atoms with Crippen molar-refractivity contribution in [2.45, 2.75) is 17.7 Å². The van der Waals surface area contributed by atoms with Gasteiger partial charge in [0.25, 0.3) is 0 Å². The quantitative estimate of drug-likeness (QED) is 0.429. The molecule has 0 unspecified atom stereocenters. The first-order valence-electron chi connectivity index (χ1n) is 6.31. The van der Waals surface area contributed by atoms with Crippen LogP contribution >= 0.6 is 0 Å². The van der Waals surface area contributed by atoms with Crippen molar-refractivity contribution in [2.75, 3.05) is 24.1 Å². The molecule has 0 atom stereocenters. The third-order valence-electron chi connectivity index (χ3n) is 2.96. The van der Waals surface area contributed by atoms with E-state index in [0.717, 1.165) is 12.8 Å². The molecule has 0 aromatic heterocycles. The number of carbonyl (C=O) groups excluding carboxylic acids is 1. The number of hydrogen-bond acceptors (Lipinski definition) is 5. The molecule has 6 N–H and O–H groups in total. The van der Waals surface area contributed by atoms with E-state index in [1.807, 2.05) is 0 Å². The Hall–Kier alpha value is -1.80. The largest absolute Gasteiger partial charge is 0.399 e. The summed E-state index contributed by atoms with van der Waals surface area (Å²) in [4.78, 5) is 11.4. The Bertz CT molecular complexity index is 611. The molecule has 1 aliphatic carbocycles. The van der Waals surface area contributed by atoms with E-state index < -0.39 is 10.0 Å². The summed E-state index contributed by atoms with van der Waals surface area (Å²) < 4.78 is 22.6. The van der Waals surface area contributed by atoms with Gasteiger partial charge in [-0.15, -0.1) is 0 Å². The van der Waals surface area contributed by atoms with Gasteiger partial charge in [0.15, 0.2) is 0 Å². The third-order valence-corrected chi connectivity index (χ3v) is 3.85. The average Bonchev–Trinajstić information content (AvgIpc) is 3.16. The monoisotopic (exact) mass is 298 g/mol. The number of hydrogen-bond donors (Lipinski definition) is 4. The maximum Gasteiger partial charge on any atom is 0.238 e. The minimum absolute atomic E-state index is 0.0398. The van der Waals surface area contributed by atoms with Crippen molar-refractivity contribution in [2.24, 2.45) is 11.1 Å². The number of primary sulfonamides is 1. The zero-order chi connectivity index (χ0) is 14.8. The molecule has 1 fully saturated rings. The number of rotatable bonds is 6. The number of amides is 1. The van der Waals surface area contributed by atoms with Crippen LogP contribution in [0.25, 0.3) is 0 Å². The van der Waals surface area contributed by atoms with Crippen molar-refractivity contribution in [1.29, 1.82) is 0 Å². The lowest BCUT2D eigenvalue weighted by molar-refractivity contribution is -0.122. The van der Waals surface area contributed by atoms with E-state index >= 15 is 0 Å². The number of anilines is 2. The second-order valence-electron chi connectivity index (χ2n) is 4.83. The van der Waals surface area contributed by atoms with Crippen LogP contribution in [-0.2, 0) is 14.8 Å². The molecule has 20 heavy (non-hydrogen) atoms. The fourth-order valence-electron chi connectivity index (χ4n) is 1.77. The Labute approximate surface area is 117 Å². The molecule has 110 valence electrons. The highest BCUT2D eigenvalue weighted by Gasteiger charge is 2.28. The van der Waals surface area contributed by atoms with Gasteiger partial charge in [-0.1, -0.05) is 0 Å². The standard InChI is InChI=1S/C12H18N4O3S/c13-9-5-10(7-11(6-9)20(14,18)19)15-3-4-16-12(17)8-1-2-8/h5-8,15H,1-4,13H2,(H,16,17)(H2,14,18,19). The van der Waals surface area contributed by atoms with Crippen LogP contribution in [0.4, 0.5) is 11.4 Å². The molecule has 1 saturated carbocycles. The molecule has 0 bridgehead atoms. The normalized spacial score (nSPS) is 14.8. The van der Waals surface area contributed by atoms with Gasteiger partial charge in [0, 0.05) is 30.4 Å². The molecule has 0 radical (unpaired) electrons. The average molecular weight is 298 g/mol. The van der Waals surface area contributed by atoms with E-state index in [0.29, 0.717) is 24.5 Å². The van der Waals surface area contributed by atoms with Gasteiger partial charge in [-0.2, -0.15) is 0 Å². The molecule has 1 amide bonds. The summed E-state index contributed by atoms with van der Waals surface area (Å²) in [5, 5.41) is 10.9. The molecule has 0 aliphatic heterocycles. The van der Waals surface area contributed by atoms with Gasteiger partial charge in [0.1, 0.15) is 0 Å². The van der Waals surface area contributed by atoms with E-state index in [4.69, 9.17) is 10.9 Å². The van der Waals surface area contributed by atoms with Gasteiger partial charge in [0.2, 0.25) is 15.9 Å². The van der Waals surface area contributed by atoms with Gasteiger partial charge in [-0.3, -0.25) is 4.79 Å². The summed E-state index contributed by atoms with van der Waals surface area (Å²) in [6.07, 6.45) is 1.93. The Kier molecular flexibility index (Phi) is 4.15. The Balaban J connectivity index is 1.89.